The van der Waals surface area contributed by atoms with Crippen molar-refractivity contribution in [1.29, 1.82) is 0 Å². The fraction of sp³-hybridized carbons (Fsp3) is 0.333. The highest BCUT2D eigenvalue weighted by atomic mass is 14.8. The first-order valence-electron chi connectivity index (χ1n) is 3.53. The van der Waals surface area contributed by atoms with Crippen LogP contribution in [-0.2, 0) is 0 Å². The van der Waals surface area contributed by atoms with Gasteiger partial charge in [0.25, 0.3) is 0 Å². The molecular formula is C9H13N. The molecule has 0 amide bonds. The predicted octanol–water partition coefficient (Wildman–Crippen LogP) is 2.20. The van der Waals surface area contributed by atoms with E-state index in [-0.39, 0.29) is 0 Å². The van der Waals surface area contributed by atoms with Crippen molar-refractivity contribution >= 4 is 0 Å². The summed E-state index contributed by atoms with van der Waals surface area (Å²) in [5.74, 6) is 0.594. The van der Waals surface area contributed by atoms with Crippen molar-refractivity contribution < 1.29 is 0 Å². The summed E-state index contributed by atoms with van der Waals surface area (Å²) in [6.45, 7) is 8.11. The van der Waals surface area contributed by atoms with Gasteiger partial charge in [0.1, 0.15) is 0 Å². The lowest BCUT2D eigenvalue weighted by molar-refractivity contribution is 0.776. The normalized spacial score (nSPS) is 17.1. The van der Waals surface area contributed by atoms with Gasteiger partial charge in [-0.2, -0.15) is 0 Å². The van der Waals surface area contributed by atoms with Crippen LogP contribution in [0.5, 0.6) is 0 Å². The van der Waals surface area contributed by atoms with Crippen molar-refractivity contribution in [2.45, 2.75) is 13.8 Å². The first kappa shape index (κ1) is 7.13. The number of hydrogen-bond donors (Lipinski definition) is 1. The van der Waals surface area contributed by atoms with Crippen LogP contribution in [0, 0.1) is 5.92 Å². The zero-order valence-electron chi connectivity index (χ0n) is 6.52. The van der Waals surface area contributed by atoms with Crippen molar-refractivity contribution in [2.75, 3.05) is 0 Å². The Morgan fingerprint density at radius 1 is 1.40 bits per heavy atom. The summed E-state index contributed by atoms with van der Waals surface area (Å²) in [6.07, 6.45) is 6.10. The van der Waals surface area contributed by atoms with Crippen LogP contribution in [0.4, 0.5) is 0 Å². The molecule has 0 unspecified atom stereocenters. The van der Waals surface area contributed by atoms with Crippen molar-refractivity contribution in [3.05, 3.63) is 36.2 Å². The minimum absolute atomic E-state index is 0.594. The molecule has 0 saturated carbocycles. The van der Waals surface area contributed by atoms with Crippen LogP contribution in [0.15, 0.2) is 36.2 Å². The Labute approximate surface area is 62.1 Å². The number of rotatable bonds is 1. The molecule has 54 valence electrons. The lowest BCUT2D eigenvalue weighted by atomic mass is 10.0. The van der Waals surface area contributed by atoms with Crippen LogP contribution in [0.1, 0.15) is 13.8 Å². The molecule has 0 radical (unpaired) electrons. The van der Waals surface area contributed by atoms with Gasteiger partial charge in [-0.3, -0.25) is 0 Å². The summed E-state index contributed by atoms with van der Waals surface area (Å²) < 4.78 is 0. The van der Waals surface area contributed by atoms with E-state index in [0.717, 1.165) is 5.70 Å². The van der Waals surface area contributed by atoms with Crippen LogP contribution >= 0.6 is 0 Å². The Morgan fingerprint density at radius 3 is 2.50 bits per heavy atom. The minimum atomic E-state index is 0.594. The smallest absolute Gasteiger partial charge is 0.0306 e. The van der Waals surface area contributed by atoms with Gasteiger partial charge < -0.3 is 5.32 Å². The molecule has 0 bridgehead atoms. The third-order valence-corrected chi connectivity index (χ3v) is 1.57. The molecule has 0 saturated heterocycles. The Morgan fingerprint density at radius 2 is 2.10 bits per heavy atom. The summed E-state index contributed by atoms with van der Waals surface area (Å²) in [4.78, 5) is 0. The third-order valence-electron chi connectivity index (χ3n) is 1.57. The minimum Gasteiger partial charge on any atom is -0.362 e. The van der Waals surface area contributed by atoms with Gasteiger partial charge in [0.2, 0.25) is 0 Å². The molecule has 1 heterocycles. The molecule has 0 aromatic rings. The lowest BCUT2D eigenvalue weighted by Crippen LogP contribution is -2.08. The molecule has 1 nitrogen and oxygen atoms in total. The molecule has 1 aliphatic heterocycles. The highest BCUT2D eigenvalue weighted by molar-refractivity contribution is 5.32. The van der Waals surface area contributed by atoms with Crippen molar-refractivity contribution in [3.63, 3.8) is 0 Å². The highest BCUT2D eigenvalue weighted by Gasteiger charge is 2.01. The van der Waals surface area contributed by atoms with Gasteiger partial charge in [0.15, 0.2) is 0 Å². The number of hydrogen-bond acceptors (Lipinski definition) is 1. The second-order valence-electron chi connectivity index (χ2n) is 2.80. The summed E-state index contributed by atoms with van der Waals surface area (Å²) in [5.41, 5.74) is 2.29. The molecular weight excluding hydrogens is 122 g/mol. The molecule has 1 N–H and O–H groups in total. The van der Waals surface area contributed by atoms with Gasteiger partial charge in [0.05, 0.1) is 0 Å². The topological polar surface area (TPSA) is 12.0 Å². The Bertz CT molecular complexity index is 197. The molecule has 0 spiro atoms. The molecule has 0 aromatic carbocycles. The Kier molecular flexibility index (Phi) is 1.95. The maximum atomic E-state index is 3.77. The zero-order chi connectivity index (χ0) is 7.56. The van der Waals surface area contributed by atoms with Crippen molar-refractivity contribution in [2.24, 2.45) is 5.92 Å². The number of allylic oxidation sites excluding steroid dienone is 3. The highest BCUT2D eigenvalue weighted by Crippen LogP contribution is 2.13. The Hall–Kier alpha value is -0.980. The average Bonchev–Trinajstić information content (AvgIpc) is 1.88. The maximum Gasteiger partial charge on any atom is 0.0306 e. The number of nitrogens with one attached hydrogen (secondary N) is 1. The molecule has 10 heavy (non-hydrogen) atoms. The molecule has 1 aliphatic rings. The van der Waals surface area contributed by atoms with Gasteiger partial charge >= 0.3 is 0 Å². The zero-order valence-corrected chi connectivity index (χ0v) is 6.52. The van der Waals surface area contributed by atoms with Crippen molar-refractivity contribution in [3.8, 4) is 0 Å². The molecule has 0 aliphatic carbocycles. The predicted molar refractivity (Wildman–Crippen MR) is 44.3 cm³/mol. The van der Waals surface area contributed by atoms with Crippen LogP contribution in [0.25, 0.3) is 0 Å². The SMILES string of the molecule is C=C1C=CC(C(C)C)=CN1. The van der Waals surface area contributed by atoms with Gasteiger partial charge in [-0.1, -0.05) is 26.5 Å². The van der Waals surface area contributed by atoms with E-state index in [1.165, 1.54) is 5.57 Å². The second-order valence-corrected chi connectivity index (χ2v) is 2.80. The fourth-order valence-corrected chi connectivity index (χ4v) is 0.828. The van der Waals surface area contributed by atoms with Gasteiger partial charge in [-0.15, -0.1) is 0 Å². The average molecular weight is 135 g/mol. The molecule has 0 fully saturated rings. The van der Waals surface area contributed by atoms with Crippen LogP contribution in [0.2, 0.25) is 0 Å². The first-order chi connectivity index (χ1) is 4.70. The van der Waals surface area contributed by atoms with E-state index in [4.69, 9.17) is 0 Å². The second kappa shape index (κ2) is 2.74. The summed E-state index contributed by atoms with van der Waals surface area (Å²) in [5, 5.41) is 3.07. The van der Waals surface area contributed by atoms with E-state index in [2.05, 4.69) is 31.8 Å². The first-order valence-corrected chi connectivity index (χ1v) is 3.53. The lowest BCUT2D eigenvalue weighted by Gasteiger charge is -2.12. The summed E-state index contributed by atoms with van der Waals surface area (Å²) >= 11 is 0. The summed E-state index contributed by atoms with van der Waals surface area (Å²) in [6, 6.07) is 0. The van der Waals surface area contributed by atoms with E-state index in [1.807, 2.05) is 12.3 Å². The van der Waals surface area contributed by atoms with E-state index >= 15 is 0 Å². The molecule has 0 atom stereocenters. The van der Waals surface area contributed by atoms with Gasteiger partial charge in [0, 0.05) is 11.9 Å². The Balaban J connectivity index is 2.67. The molecule has 1 rings (SSSR count). The fourth-order valence-electron chi connectivity index (χ4n) is 0.828. The monoisotopic (exact) mass is 135 g/mol. The van der Waals surface area contributed by atoms with Gasteiger partial charge in [-0.05, 0) is 17.6 Å². The third kappa shape index (κ3) is 1.50. The van der Waals surface area contributed by atoms with E-state index in [1.54, 1.807) is 0 Å². The molecule has 1 heteroatoms. The largest absolute Gasteiger partial charge is 0.362 e. The van der Waals surface area contributed by atoms with Crippen LogP contribution < -0.4 is 5.32 Å². The van der Waals surface area contributed by atoms with Crippen LogP contribution in [-0.4, -0.2) is 0 Å². The summed E-state index contributed by atoms with van der Waals surface area (Å²) in [7, 11) is 0. The standard InChI is InChI=1S/C9H13N/c1-7(2)9-5-4-8(3)10-6-9/h4-7,10H,3H2,1-2H3. The van der Waals surface area contributed by atoms with E-state index < -0.39 is 0 Å². The van der Waals surface area contributed by atoms with E-state index in [9.17, 15) is 0 Å². The number of dihydropyridines is 1. The quantitative estimate of drug-likeness (QED) is 0.581. The maximum absolute atomic E-state index is 3.77. The molecule has 0 aromatic heterocycles. The van der Waals surface area contributed by atoms with Crippen molar-refractivity contribution in [1.82, 2.24) is 5.32 Å². The van der Waals surface area contributed by atoms with E-state index in [0.29, 0.717) is 5.92 Å². The van der Waals surface area contributed by atoms with Crippen LogP contribution in [0.3, 0.4) is 0 Å². The van der Waals surface area contributed by atoms with Gasteiger partial charge in [-0.25, -0.2) is 0 Å².